The van der Waals surface area contributed by atoms with Gasteiger partial charge in [-0.1, -0.05) is 0 Å². The Morgan fingerprint density at radius 3 is 3.00 bits per heavy atom. The van der Waals surface area contributed by atoms with Crippen molar-refractivity contribution in [2.75, 3.05) is 6.61 Å². The van der Waals surface area contributed by atoms with E-state index in [2.05, 4.69) is 21.2 Å². The quantitative estimate of drug-likeness (QED) is 0.836. The average Bonchev–Trinajstić information content (AvgIpc) is 2.61. The number of hydrogen-bond acceptors (Lipinski definition) is 4. The zero-order valence-corrected chi connectivity index (χ0v) is 10.3. The smallest absolute Gasteiger partial charge is 0.322 e. The first-order valence-electron chi connectivity index (χ1n) is 4.77. The van der Waals surface area contributed by atoms with E-state index in [1.54, 1.807) is 20.1 Å². The summed E-state index contributed by atoms with van der Waals surface area (Å²) in [6, 6.07) is 1.48. The molecule has 84 valence electrons. The Kier molecular flexibility index (Phi) is 4.84. The van der Waals surface area contributed by atoms with Gasteiger partial charge in [-0.05, 0) is 35.8 Å². The molecule has 5 heteroatoms. The third kappa shape index (κ3) is 3.68. The molecule has 1 unspecified atom stereocenters. The van der Waals surface area contributed by atoms with Crippen molar-refractivity contribution < 1.29 is 13.9 Å². The van der Waals surface area contributed by atoms with E-state index in [0.29, 0.717) is 13.2 Å². The average molecular weight is 276 g/mol. The standard InChI is InChI=1S/C10H14BrNO3/c1-3-14-10(13)7(2)12-6-9-8(11)4-5-15-9/h4-5,7,12H,3,6H2,1-2H3. The molecular formula is C10H14BrNO3. The molecule has 4 nitrogen and oxygen atoms in total. The molecule has 0 aliphatic rings. The lowest BCUT2D eigenvalue weighted by Gasteiger charge is -2.11. The Balaban J connectivity index is 2.37. The van der Waals surface area contributed by atoms with Crippen LogP contribution in [0.4, 0.5) is 0 Å². The maximum Gasteiger partial charge on any atom is 0.322 e. The SMILES string of the molecule is CCOC(=O)C(C)NCc1occc1Br. The molecule has 1 N–H and O–H groups in total. The summed E-state index contributed by atoms with van der Waals surface area (Å²) < 4.78 is 10.9. The van der Waals surface area contributed by atoms with Crippen LogP contribution in [0.2, 0.25) is 0 Å². The van der Waals surface area contributed by atoms with Crippen molar-refractivity contribution in [1.82, 2.24) is 5.32 Å². The highest BCUT2D eigenvalue weighted by atomic mass is 79.9. The van der Waals surface area contributed by atoms with Gasteiger partial charge in [0.05, 0.1) is 23.9 Å². The van der Waals surface area contributed by atoms with Crippen LogP contribution in [-0.2, 0) is 16.1 Å². The summed E-state index contributed by atoms with van der Waals surface area (Å²) in [5, 5.41) is 3.01. The van der Waals surface area contributed by atoms with Gasteiger partial charge in [0.1, 0.15) is 11.8 Å². The highest BCUT2D eigenvalue weighted by Crippen LogP contribution is 2.17. The monoisotopic (exact) mass is 275 g/mol. The van der Waals surface area contributed by atoms with E-state index in [0.717, 1.165) is 10.2 Å². The molecule has 1 rings (SSSR count). The number of hydrogen-bond donors (Lipinski definition) is 1. The van der Waals surface area contributed by atoms with Crippen molar-refractivity contribution in [3.8, 4) is 0 Å². The predicted molar refractivity (Wildman–Crippen MR) is 59.3 cm³/mol. The lowest BCUT2D eigenvalue weighted by Crippen LogP contribution is -2.34. The Bertz CT molecular complexity index is 324. The van der Waals surface area contributed by atoms with Crippen LogP contribution in [0.5, 0.6) is 0 Å². The largest absolute Gasteiger partial charge is 0.467 e. The Morgan fingerprint density at radius 2 is 2.47 bits per heavy atom. The second-order valence-corrected chi connectivity index (χ2v) is 3.90. The van der Waals surface area contributed by atoms with E-state index < -0.39 is 0 Å². The minimum absolute atomic E-state index is 0.250. The van der Waals surface area contributed by atoms with E-state index in [1.165, 1.54) is 0 Å². The van der Waals surface area contributed by atoms with Crippen LogP contribution >= 0.6 is 15.9 Å². The molecule has 0 saturated carbocycles. The normalized spacial score (nSPS) is 12.5. The molecule has 1 aromatic rings. The van der Waals surface area contributed by atoms with Crippen molar-refractivity contribution in [3.05, 3.63) is 22.6 Å². The Labute approximate surface area is 97.1 Å². The maximum atomic E-state index is 11.3. The van der Waals surface area contributed by atoms with Gasteiger partial charge >= 0.3 is 5.97 Å². The number of rotatable bonds is 5. The highest BCUT2D eigenvalue weighted by molar-refractivity contribution is 9.10. The van der Waals surface area contributed by atoms with Crippen LogP contribution in [0.25, 0.3) is 0 Å². The first-order valence-corrected chi connectivity index (χ1v) is 5.56. The van der Waals surface area contributed by atoms with Gasteiger partial charge in [-0.25, -0.2) is 0 Å². The van der Waals surface area contributed by atoms with E-state index in [9.17, 15) is 4.79 Å². The summed E-state index contributed by atoms with van der Waals surface area (Å²) in [4.78, 5) is 11.3. The minimum Gasteiger partial charge on any atom is -0.467 e. The van der Waals surface area contributed by atoms with Crippen molar-refractivity contribution in [2.45, 2.75) is 26.4 Å². The molecule has 0 bridgehead atoms. The number of esters is 1. The molecular weight excluding hydrogens is 262 g/mol. The summed E-state index contributed by atoms with van der Waals surface area (Å²) >= 11 is 3.33. The summed E-state index contributed by atoms with van der Waals surface area (Å²) in [5.41, 5.74) is 0. The van der Waals surface area contributed by atoms with Gasteiger partial charge in [0.2, 0.25) is 0 Å². The molecule has 1 atom stereocenters. The Hall–Kier alpha value is -0.810. The third-order valence-corrected chi connectivity index (χ3v) is 2.61. The van der Waals surface area contributed by atoms with Gasteiger partial charge in [-0.3, -0.25) is 10.1 Å². The molecule has 1 heterocycles. The number of nitrogens with one attached hydrogen (secondary N) is 1. The van der Waals surface area contributed by atoms with E-state index in [1.807, 2.05) is 6.07 Å². The predicted octanol–water partition coefficient (Wildman–Crippen LogP) is 2.08. The minimum atomic E-state index is -0.332. The number of halogens is 1. The summed E-state index contributed by atoms with van der Waals surface area (Å²) in [5.74, 6) is 0.520. The highest BCUT2D eigenvalue weighted by Gasteiger charge is 2.14. The second kappa shape index (κ2) is 5.92. The fraction of sp³-hybridized carbons (Fsp3) is 0.500. The first kappa shape index (κ1) is 12.3. The molecule has 0 aromatic carbocycles. The second-order valence-electron chi connectivity index (χ2n) is 3.05. The lowest BCUT2D eigenvalue weighted by atomic mass is 10.3. The number of furan rings is 1. The van der Waals surface area contributed by atoms with Crippen molar-refractivity contribution in [2.24, 2.45) is 0 Å². The van der Waals surface area contributed by atoms with E-state index in [4.69, 9.17) is 9.15 Å². The molecule has 15 heavy (non-hydrogen) atoms. The maximum absolute atomic E-state index is 11.3. The van der Waals surface area contributed by atoms with Gasteiger partial charge < -0.3 is 9.15 Å². The van der Waals surface area contributed by atoms with Crippen molar-refractivity contribution in [3.63, 3.8) is 0 Å². The topological polar surface area (TPSA) is 51.5 Å². The van der Waals surface area contributed by atoms with Gasteiger partial charge in [0.25, 0.3) is 0 Å². The Morgan fingerprint density at radius 1 is 1.73 bits per heavy atom. The van der Waals surface area contributed by atoms with Crippen molar-refractivity contribution in [1.29, 1.82) is 0 Å². The molecule has 0 radical (unpaired) electrons. The van der Waals surface area contributed by atoms with Gasteiger partial charge in [0, 0.05) is 0 Å². The van der Waals surface area contributed by atoms with Crippen LogP contribution in [0.3, 0.4) is 0 Å². The van der Waals surface area contributed by atoms with E-state index in [-0.39, 0.29) is 12.0 Å². The zero-order chi connectivity index (χ0) is 11.3. The molecule has 1 aromatic heterocycles. The first-order chi connectivity index (χ1) is 7.15. The van der Waals surface area contributed by atoms with E-state index >= 15 is 0 Å². The molecule has 0 fully saturated rings. The van der Waals surface area contributed by atoms with Crippen LogP contribution < -0.4 is 5.32 Å². The van der Waals surface area contributed by atoms with Gasteiger partial charge in [0.15, 0.2) is 0 Å². The van der Waals surface area contributed by atoms with Crippen LogP contribution in [0.15, 0.2) is 21.2 Å². The van der Waals surface area contributed by atoms with Crippen LogP contribution in [-0.4, -0.2) is 18.6 Å². The molecule has 0 amide bonds. The zero-order valence-electron chi connectivity index (χ0n) is 8.75. The molecule has 0 aliphatic carbocycles. The summed E-state index contributed by atoms with van der Waals surface area (Å²) in [6.45, 7) is 4.44. The number of carbonyl (C=O) groups excluding carboxylic acids is 1. The van der Waals surface area contributed by atoms with Gasteiger partial charge in [-0.2, -0.15) is 0 Å². The van der Waals surface area contributed by atoms with Crippen molar-refractivity contribution >= 4 is 21.9 Å². The van der Waals surface area contributed by atoms with Crippen LogP contribution in [0.1, 0.15) is 19.6 Å². The number of ether oxygens (including phenoxy) is 1. The van der Waals surface area contributed by atoms with Gasteiger partial charge in [-0.15, -0.1) is 0 Å². The fourth-order valence-electron chi connectivity index (χ4n) is 1.05. The van der Waals surface area contributed by atoms with Crippen LogP contribution in [0, 0.1) is 0 Å². The lowest BCUT2D eigenvalue weighted by molar-refractivity contribution is -0.145. The molecule has 0 spiro atoms. The fourth-order valence-corrected chi connectivity index (χ4v) is 1.39. The number of carbonyl (C=O) groups is 1. The third-order valence-electron chi connectivity index (χ3n) is 1.90. The molecule has 0 saturated heterocycles. The summed E-state index contributed by atoms with van der Waals surface area (Å²) in [7, 11) is 0. The molecule has 0 aliphatic heterocycles. The summed E-state index contributed by atoms with van der Waals surface area (Å²) in [6.07, 6.45) is 1.59.